The van der Waals surface area contributed by atoms with Gasteiger partial charge in [-0.15, -0.1) is 0 Å². The van der Waals surface area contributed by atoms with Crippen LogP contribution in [0.1, 0.15) is 50.4 Å². The molecule has 2 fully saturated rings. The third kappa shape index (κ3) is 3.31. The molecule has 5 rings (SSSR count). The molecule has 0 heterocycles. The van der Waals surface area contributed by atoms with E-state index in [9.17, 15) is 25.8 Å². The van der Waals surface area contributed by atoms with Gasteiger partial charge in [0.05, 0.1) is 5.56 Å². The van der Waals surface area contributed by atoms with Gasteiger partial charge in [-0.05, 0) is 64.3 Å². The van der Waals surface area contributed by atoms with Crippen molar-refractivity contribution in [2.45, 2.75) is 46.1 Å². The number of nitriles is 4. The second-order valence-electron chi connectivity index (χ2n) is 10.8. The third-order valence-corrected chi connectivity index (χ3v) is 9.17. The van der Waals surface area contributed by atoms with Crippen LogP contribution in [0.15, 0.2) is 42.5 Å². The Hall–Kier alpha value is -4.65. The zero-order valence-electron chi connectivity index (χ0n) is 20.9. The molecule has 2 aliphatic carbocycles. The maximum absolute atomic E-state index is 13.4. The predicted molar refractivity (Wildman–Crippen MR) is 138 cm³/mol. The monoisotopic (exact) mass is 484 g/mol. The number of esters is 1. The summed E-state index contributed by atoms with van der Waals surface area (Å²) in [6.07, 6.45) is 2.81. The molecule has 2 saturated carbocycles. The molecule has 3 atom stereocenters. The van der Waals surface area contributed by atoms with E-state index < -0.39 is 5.97 Å². The van der Waals surface area contributed by atoms with Crippen molar-refractivity contribution in [2.24, 2.45) is 16.7 Å². The highest BCUT2D eigenvalue weighted by Crippen LogP contribution is 2.66. The van der Waals surface area contributed by atoms with Crippen LogP contribution in [0.25, 0.3) is 32.7 Å². The number of ether oxygens (including phenoxy) is 1. The van der Waals surface area contributed by atoms with E-state index in [-0.39, 0.29) is 28.1 Å². The molecule has 2 unspecified atom stereocenters. The number of carbonyl (C=O) groups excluding carboxylic acids is 1. The van der Waals surface area contributed by atoms with Crippen molar-refractivity contribution in [3.8, 4) is 24.3 Å². The summed E-state index contributed by atoms with van der Waals surface area (Å²) in [7, 11) is 0. The van der Waals surface area contributed by atoms with Crippen LogP contribution >= 0.6 is 0 Å². The number of hydrogen-bond acceptors (Lipinski definition) is 6. The van der Waals surface area contributed by atoms with Crippen LogP contribution in [0.2, 0.25) is 0 Å². The number of fused-ring (bicyclic) bond motifs is 4. The highest BCUT2D eigenvalue weighted by molar-refractivity contribution is 6.07. The normalized spacial score (nSPS) is 23.0. The average Bonchev–Trinajstić information content (AvgIpc) is 3.24. The summed E-state index contributed by atoms with van der Waals surface area (Å²) in [5.41, 5.74) is 0.0914. The van der Waals surface area contributed by atoms with E-state index in [1.54, 1.807) is 42.5 Å². The minimum absolute atomic E-state index is 0.0873. The van der Waals surface area contributed by atoms with Crippen LogP contribution < -0.4 is 10.4 Å². The standard InChI is InChI=1S/C31H24N4O2/c1-30(2)21-10-11-31(30,3)26(13-21)37-29(36)18-8-9-24-25(12-18)28(20(16-34)17-35)23-7-5-4-6-22(23)27(24)19(14-32)15-33/h4-9,12,21,26H,10-11,13H2,1-3H3/t21?,26?,31-/m0/s1. The lowest BCUT2D eigenvalue weighted by Crippen LogP contribution is -2.38. The van der Waals surface area contributed by atoms with Crippen LogP contribution in [0.3, 0.4) is 0 Å². The molecule has 180 valence electrons. The molecule has 0 spiro atoms. The molecule has 3 aromatic rings. The Kier molecular flexibility index (Phi) is 5.52. The number of rotatable bonds is 2. The van der Waals surface area contributed by atoms with Crippen molar-refractivity contribution >= 4 is 38.7 Å². The summed E-state index contributed by atoms with van der Waals surface area (Å²) in [6, 6.07) is 19.8. The number of benzene rings is 3. The largest absolute Gasteiger partial charge is 0.458 e. The number of nitrogens with zero attached hydrogens (tertiary/aromatic N) is 4. The van der Waals surface area contributed by atoms with Gasteiger partial charge in [0, 0.05) is 15.9 Å². The highest BCUT2D eigenvalue weighted by atomic mass is 16.5. The van der Waals surface area contributed by atoms with Crippen molar-refractivity contribution in [1.82, 2.24) is 0 Å². The predicted octanol–water partition coefficient (Wildman–Crippen LogP) is 4.76. The second-order valence-corrected chi connectivity index (χ2v) is 10.8. The van der Waals surface area contributed by atoms with Gasteiger partial charge in [0.1, 0.15) is 41.5 Å². The quantitative estimate of drug-likeness (QED) is 0.382. The summed E-state index contributed by atoms with van der Waals surface area (Å²) in [5.74, 6) is 0.0548. The summed E-state index contributed by atoms with van der Waals surface area (Å²) in [5, 5.41) is 41.8. The smallest absolute Gasteiger partial charge is 0.338 e. The Balaban J connectivity index is 1.77. The lowest BCUT2D eigenvalue weighted by molar-refractivity contribution is -0.0242. The Morgan fingerprint density at radius 1 is 0.838 bits per heavy atom. The summed E-state index contributed by atoms with van der Waals surface area (Å²) < 4.78 is 6.09. The molecular formula is C31H24N4O2. The van der Waals surface area contributed by atoms with E-state index in [2.05, 4.69) is 20.8 Å². The van der Waals surface area contributed by atoms with Crippen LogP contribution in [0, 0.1) is 62.1 Å². The molecule has 6 heteroatoms. The summed E-state index contributed by atoms with van der Waals surface area (Å²) >= 11 is 0. The fourth-order valence-electron chi connectivity index (χ4n) is 6.62. The van der Waals surface area contributed by atoms with E-state index in [0.717, 1.165) is 19.3 Å². The molecule has 0 N–H and O–H groups in total. The molecule has 0 amide bonds. The maximum atomic E-state index is 13.4. The molecule has 0 aromatic heterocycles. The number of hydrogen-bond donors (Lipinski definition) is 0. The molecule has 37 heavy (non-hydrogen) atoms. The van der Waals surface area contributed by atoms with Crippen LogP contribution in [0.4, 0.5) is 0 Å². The maximum Gasteiger partial charge on any atom is 0.338 e. The Morgan fingerprint density at radius 3 is 1.86 bits per heavy atom. The molecule has 3 aromatic carbocycles. The molecule has 2 bridgehead atoms. The van der Waals surface area contributed by atoms with Gasteiger partial charge in [-0.25, -0.2) is 4.79 Å². The van der Waals surface area contributed by atoms with Gasteiger partial charge >= 0.3 is 5.97 Å². The SMILES string of the molecule is CC1(C)C2CC[C@@]1(C)C(OC(=O)c1ccc3c(=C(C#N)C#N)c4ccccc4c(=C(C#N)C#N)c3c1)C2. The first kappa shape index (κ1) is 24.1. The van der Waals surface area contributed by atoms with E-state index in [1.807, 2.05) is 24.3 Å². The van der Waals surface area contributed by atoms with Crippen LogP contribution in [0.5, 0.6) is 0 Å². The van der Waals surface area contributed by atoms with Gasteiger partial charge in [-0.3, -0.25) is 0 Å². The molecule has 0 saturated heterocycles. The Bertz CT molecular complexity index is 1780. The lowest BCUT2D eigenvalue weighted by atomic mass is 9.70. The van der Waals surface area contributed by atoms with Gasteiger partial charge < -0.3 is 4.74 Å². The van der Waals surface area contributed by atoms with Gasteiger partial charge in [-0.2, -0.15) is 21.0 Å². The fourth-order valence-corrected chi connectivity index (χ4v) is 6.62. The minimum atomic E-state index is -0.461. The van der Waals surface area contributed by atoms with Crippen molar-refractivity contribution in [3.63, 3.8) is 0 Å². The van der Waals surface area contributed by atoms with Gasteiger partial charge in [0.2, 0.25) is 0 Å². The van der Waals surface area contributed by atoms with Crippen LogP contribution in [-0.2, 0) is 4.74 Å². The third-order valence-electron chi connectivity index (χ3n) is 9.17. The molecular weight excluding hydrogens is 460 g/mol. The second kappa shape index (κ2) is 8.48. The molecule has 0 aliphatic heterocycles. The average molecular weight is 485 g/mol. The molecule has 2 aliphatic rings. The first-order valence-electron chi connectivity index (χ1n) is 12.3. The zero-order valence-corrected chi connectivity index (χ0v) is 20.9. The fraction of sp³-hybridized carbons (Fsp3) is 0.323. The van der Waals surface area contributed by atoms with Crippen molar-refractivity contribution < 1.29 is 9.53 Å². The zero-order chi connectivity index (χ0) is 26.5. The van der Waals surface area contributed by atoms with Gasteiger partial charge in [-0.1, -0.05) is 51.1 Å². The molecule has 0 radical (unpaired) electrons. The van der Waals surface area contributed by atoms with Crippen molar-refractivity contribution in [3.05, 3.63) is 58.5 Å². The topological polar surface area (TPSA) is 121 Å². The lowest BCUT2D eigenvalue weighted by Gasteiger charge is -2.38. The van der Waals surface area contributed by atoms with E-state index >= 15 is 0 Å². The highest BCUT2D eigenvalue weighted by Gasteiger charge is 2.62. The van der Waals surface area contributed by atoms with Gasteiger partial charge in [0.25, 0.3) is 0 Å². The van der Waals surface area contributed by atoms with Crippen molar-refractivity contribution in [2.75, 3.05) is 0 Å². The number of carbonyl (C=O) groups is 1. The minimum Gasteiger partial charge on any atom is -0.458 e. The Labute approximate surface area is 214 Å². The van der Waals surface area contributed by atoms with E-state index in [1.165, 1.54) is 0 Å². The van der Waals surface area contributed by atoms with Crippen molar-refractivity contribution in [1.29, 1.82) is 21.0 Å². The van der Waals surface area contributed by atoms with E-state index in [0.29, 0.717) is 43.5 Å². The summed E-state index contributed by atoms with van der Waals surface area (Å²) in [6.45, 7) is 6.72. The Morgan fingerprint density at radius 2 is 1.38 bits per heavy atom. The van der Waals surface area contributed by atoms with E-state index in [4.69, 9.17) is 4.74 Å². The van der Waals surface area contributed by atoms with Gasteiger partial charge in [0.15, 0.2) is 0 Å². The first-order chi connectivity index (χ1) is 17.7. The molecule has 6 nitrogen and oxygen atoms in total. The first-order valence-corrected chi connectivity index (χ1v) is 12.3. The van der Waals surface area contributed by atoms with Crippen LogP contribution in [-0.4, -0.2) is 12.1 Å². The summed E-state index contributed by atoms with van der Waals surface area (Å²) in [4.78, 5) is 13.4.